The fourth-order valence-corrected chi connectivity index (χ4v) is 1.71. The average molecular weight is 215 g/mol. The van der Waals surface area contributed by atoms with Crippen molar-refractivity contribution in [2.75, 3.05) is 5.73 Å². The van der Waals surface area contributed by atoms with Gasteiger partial charge in [-0.3, -0.25) is 4.98 Å². The molecule has 0 aliphatic carbocycles. The smallest absolute Gasteiger partial charge is 0.158 e. The molecule has 0 fully saturated rings. The second-order valence-electron chi connectivity index (χ2n) is 3.29. The molecule has 78 valence electrons. The van der Waals surface area contributed by atoms with Crippen molar-refractivity contribution in [2.24, 2.45) is 0 Å². The summed E-state index contributed by atoms with van der Waals surface area (Å²) in [5.41, 5.74) is 5.75. The minimum atomic E-state index is -3.11. The van der Waals surface area contributed by atoms with Crippen LogP contribution in [0.15, 0.2) is 12.4 Å². The van der Waals surface area contributed by atoms with Crippen LogP contribution in [0.25, 0.3) is 0 Å². The molecule has 0 bridgehead atoms. The number of anilines is 1. The lowest BCUT2D eigenvalue weighted by Crippen LogP contribution is -2.16. The van der Waals surface area contributed by atoms with E-state index in [0.29, 0.717) is 5.69 Å². The monoisotopic (exact) mass is 215 g/mol. The number of hydrogen-bond donors (Lipinski definition) is 1. The molecule has 0 saturated carbocycles. The fourth-order valence-electron chi connectivity index (χ4n) is 0.812. The summed E-state index contributed by atoms with van der Waals surface area (Å²) in [6, 6.07) is 0. The van der Waals surface area contributed by atoms with Crippen LogP contribution in [0.5, 0.6) is 0 Å². The fraction of sp³-hybridized carbons (Fsp3) is 0.500. The molecule has 14 heavy (non-hydrogen) atoms. The molecule has 0 aromatic carbocycles. The Hall–Kier alpha value is -1.17. The summed E-state index contributed by atoms with van der Waals surface area (Å²) in [5, 5.41) is -0.401. The second kappa shape index (κ2) is 3.91. The van der Waals surface area contributed by atoms with E-state index in [2.05, 4.69) is 9.97 Å². The van der Waals surface area contributed by atoms with Crippen molar-refractivity contribution in [3.8, 4) is 0 Å². The number of hydrogen-bond acceptors (Lipinski definition) is 5. The highest BCUT2D eigenvalue weighted by molar-refractivity contribution is 7.91. The molecule has 1 aromatic rings. The number of aromatic nitrogens is 2. The molecule has 1 heterocycles. The molecule has 0 saturated heterocycles. The highest BCUT2D eigenvalue weighted by Crippen LogP contribution is 2.08. The van der Waals surface area contributed by atoms with Crippen molar-refractivity contribution in [1.29, 1.82) is 0 Å². The first-order chi connectivity index (χ1) is 6.42. The van der Waals surface area contributed by atoms with Crippen LogP contribution in [0.1, 0.15) is 19.5 Å². The van der Waals surface area contributed by atoms with E-state index in [4.69, 9.17) is 5.73 Å². The summed E-state index contributed by atoms with van der Waals surface area (Å²) < 4.78 is 23.0. The maximum atomic E-state index is 11.5. The lowest BCUT2D eigenvalue weighted by Gasteiger charge is -2.06. The maximum absolute atomic E-state index is 11.5. The van der Waals surface area contributed by atoms with Gasteiger partial charge in [0, 0.05) is 0 Å². The van der Waals surface area contributed by atoms with Gasteiger partial charge in [0.05, 0.1) is 29.1 Å². The zero-order valence-electron chi connectivity index (χ0n) is 8.14. The molecule has 1 rings (SSSR count). The summed E-state index contributed by atoms with van der Waals surface area (Å²) in [6.45, 7) is 3.28. The van der Waals surface area contributed by atoms with E-state index in [-0.39, 0.29) is 11.6 Å². The summed E-state index contributed by atoms with van der Waals surface area (Å²) in [6.07, 6.45) is 2.74. The van der Waals surface area contributed by atoms with E-state index in [1.807, 2.05) is 0 Å². The van der Waals surface area contributed by atoms with Crippen LogP contribution in [0.3, 0.4) is 0 Å². The third-order valence-electron chi connectivity index (χ3n) is 1.79. The third-order valence-corrected chi connectivity index (χ3v) is 3.93. The molecule has 0 radical (unpaired) electrons. The second-order valence-corrected chi connectivity index (χ2v) is 5.85. The SMILES string of the molecule is CC(C)S(=O)(=O)Cc1cnc(N)cn1. The zero-order valence-corrected chi connectivity index (χ0v) is 8.95. The lowest BCUT2D eigenvalue weighted by atomic mass is 10.5. The average Bonchev–Trinajstić information content (AvgIpc) is 2.08. The van der Waals surface area contributed by atoms with Crippen molar-refractivity contribution in [3.05, 3.63) is 18.1 Å². The van der Waals surface area contributed by atoms with Gasteiger partial charge in [-0.2, -0.15) is 0 Å². The summed E-state index contributed by atoms with van der Waals surface area (Å²) in [7, 11) is -3.11. The predicted molar refractivity (Wildman–Crippen MR) is 54.2 cm³/mol. The van der Waals surface area contributed by atoms with Crippen LogP contribution < -0.4 is 5.73 Å². The molecular formula is C8H13N3O2S. The van der Waals surface area contributed by atoms with Gasteiger partial charge in [0.1, 0.15) is 5.82 Å². The van der Waals surface area contributed by atoms with Gasteiger partial charge in [0.25, 0.3) is 0 Å². The van der Waals surface area contributed by atoms with Crippen LogP contribution in [0, 0.1) is 0 Å². The summed E-state index contributed by atoms with van der Waals surface area (Å²) in [5.74, 6) is 0.202. The predicted octanol–water partition coefficient (Wildman–Crippen LogP) is 0.382. The van der Waals surface area contributed by atoms with Gasteiger partial charge < -0.3 is 5.73 Å². The number of nitrogen functional groups attached to an aromatic ring is 1. The quantitative estimate of drug-likeness (QED) is 0.787. The normalized spacial score (nSPS) is 11.9. The van der Waals surface area contributed by atoms with Crippen LogP contribution in [-0.4, -0.2) is 23.6 Å². The van der Waals surface area contributed by atoms with Gasteiger partial charge in [-0.05, 0) is 13.8 Å². The largest absolute Gasteiger partial charge is 0.382 e. The highest BCUT2D eigenvalue weighted by atomic mass is 32.2. The van der Waals surface area contributed by atoms with Crippen LogP contribution in [0.2, 0.25) is 0 Å². The lowest BCUT2D eigenvalue weighted by molar-refractivity contribution is 0.585. The van der Waals surface area contributed by atoms with Gasteiger partial charge in [0.15, 0.2) is 9.84 Å². The zero-order chi connectivity index (χ0) is 10.8. The van der Waals surface area contributed by atoms with Crippen molar-refractivity contribution in [2.45, 2.75) is 24.9 Å². The van der Waals surface area contributed by atoms with E-state index in [0.717, 1.165) is 0 Å². The Morgan fingerprint density at radius 2 is 2.00 bits per heavy atom. The minimum Gasteiger partial charge on any atom is -0.382 e. The Bertz CT molecular complexity index is 397. The minimum absolute atomic E-state index is 0.0854. The molecule has 0 unspecified atom stereocenters. The first-order valence-corrected chi connectivity index (χ1v) is 5.91. The molecule has 0 aliphatic heterocycles. The highest BCUT2D eigenvalue weighted by Gasteiger charge is 2.17. The van der Waals surface area contributed by atoms with Gasteiger partial charge in [-0.25, -0.2) is 13.4 Å². The topological polar surface area (TPSA) is 85.9 Å². The van der Waals surface area contributed by atoms with Crippen LogP contribution in [-0.2, 0) is 15.6 Å². The molecule has 5 nitrogen and oxygen atoms in total. The Balaban J connectivity index is 2.85. The van der Waals surface area contributed by atoms with Crippen molar-refractivity contribution >= 4 is 15.7 Å². The van der Waals surface area contributed by atoms with Crippen molar-refractivity contribution < 1.29 is 8.42 Å². The molecular weight excluding hydrogens is 202 g/mol. The van der Waals surface area contributed by atoms with E-state index in [9.17, 15) is 8.42 Å². The molecule has 6 heteroatoms. The first kappa shape index (κ1) is 10.9. The van der Waals surface area contributed by atoms with E-state index in [1.54, 1.807) is 13.8 Å². The van der Waals surface area contributed by atoms with Crippen LogP contribution >= 0.6 is 0 Å². The summed E-state index contributed by atoms with van der Waals surface area (Å²) in [4.78, 5) is 7.65. The Morgan fingerprint density at radius 3 is 2.43 bits per heavy atom. The number of sulfone groups is 1. The number of nitrogens with two attached hydrogens (primary N) is 1. The van der Waals surface area contributed by atoms with Crippen molar-refractivity contribution in [3.63, 3.8) is 0 Å². The maximum Gasteiger partial charge on any atom is 0.158 e. The Labute approximate surface area is 83.3 Å². The Morgan fingerprint density at radius 1 is 1.36 bits per heavy atom. The molecule has 0 atom stereocenters. The molecule has 0 amide bonds. The van der Waals surface area contributed by atoms with Gasteiger partial charge in [-0.15, -0.1) is 0 Å². The molecule has 1 aromatic heterocycles. The van der Waals surface area contributed by atoms with E-state index >= 15 is 0 Å². The van der Waals surface area contributed by atoms with Crippen molar-refractivity contribution in [1.82, 2.24) is 9.97 Å². The van der Waals surface area contributed by atoms with E-state index < -0.39 is 15.1 Å². The standard InChI is InChI=1S/C8H13N3O2S/c1-6(2)14(12,13)5-7-3-11-8(9)4-10-7/h3-4,6H,5H2,1-2H3,(H2,9,11). The van der Waals surface area contributed by atoms with Gasteiger partial charge in [-0.1, -0.05) is 0 Å². The van der Waals surface area contributed by atoms with Gasteiger partial charge >= 0.3 is 0 Å². The number of rotatable bonds is 3. The third kappa shape index (κ3) is 2.66. The van der Waals surface area contributed by atoms with Gasteiger partial charge in [0.2, 0.25) is 0 Å². The van der Waals surface area contributed by atoms with Crippen LogP contribution in [0.4, 0.5) is 5.82 Å². The van der Waals surface area contributed by atoms with E-state index in [1.165, 1.54) is 12.4 Å². The first-order valence-electron chi connectivity index (χ1n) is 4.20. The molecule has 0 aliphatic rings. The summed E-state index contributed by atoms with van der Waals surface area (Å²) >= 11 is 0. The molecule has 2 N–H and O–H groups in total. The Kier molecular flexibility index (Phi) is 3.05. The molecule has 0 spiro atoms. The number of nitrogens with zero attached hydrogens (tertiary/aromatic N) is 2.